The number of aliphatic hydroxyl groups is 1. The summed E-state index contributed by atoms with van der Waals surface area (Å²) in [6.45, 7) is 0. The number of hydrogen-bond acceptors (Lipinski definition) is 5. The Bertz CT molecular complexity index is 548. The van der Waals surface area contributed by atoms with Crippen LogP contribution in [0, 0.1) is 0 Å². The number of halogens is 2. The van der Waals surface area contributed by atoms with E-state index in [-0.39, 0.29) is 0 Å². The van der Waals surface area contributed by atoms with Crippen molar-refractivity contribution in [1.29, 1.82) is 0 Å². The first-order chi connectivity index (χ1) is 8.58. The Morgan fingerprint density at radius 1 is 1.44 bits per heavy atom. The van der Waals surface area contributed by atoms with E-state index in [4.69, 9.17) is 23.2 Å². The smallest absolute Gasteiger partial charge is 0.209 e. The zero-order valence-electron chi connectivity index (χ0n) is 9.42. The molecule has 2 rings (SSSR count). The first-order valence-corrected chi connectivity index (χ1v) is 6.80. The molecule has 0 aliphatic heterocycles. The van der Waals surface area contributed by atoms with Crippen LogP contribution in [0.15, 0.2) is 23.4 Å². The molecule has 0 spiro atoms. The van der Waals surface area contributed by atoms with Gasteiger partial charge < -0.3 is 5.11 Å². The van der Waals surface area contributed by atoms with Crippen LogP contribution in [0.4, 0.5) is 0 Å². The topological polar surface area (TPSA) is 63.8 Å². The minimum Gasteiger partial charge on any atom is -0.387 e. The molecule has 18 heavy (non-hydrogen) atoms. The van der Waals surface area contributed by atoms with E-state index >= 15 is 0 Å². The third-order valence-electron chi connectivity index (χ3n) is 2.27. The van der Waals surface area contributed by atoms with Crippen LogP contribution in [0.5, 0.6) is 0 Å². The maximum atomic E-state index is 10.1. The molecule has 2 aromatic rings. The van der Waals surface area contributed by atoms with E-state index in [1.807, 2.05) is 0 Å². The maximum absolute atomic E-state index is 10.1. The van der Waals surface area contributed by atoms with Gasteiger partial charge in [0.2, 0.25) is 5.16 Å². The van der Waals surface area contributed by atoms with Crippen molar-refractivity contribution in [3.05, 3.63) is 33.8 Å². The molecule has 0 aliphatic carbocycles. The van der Waals surface area contributed by atoms with Crippen LogP contribution >= 0.6 is 35.0 Å². The summed E-state index contributed by atoms with van der Waals surface area (Å²) in [6.07, 6.45) is -0.698. The van der Waals surface area contributed by atoms with E-state index in [2.05, 4.69) is 15.5 Å². The molecule has 0 saturated heterocycles. The maximum Gasteiger partial charge on any atom is 0.209 e. The summed E-state index contributed by atoms with van der Waals surface area (Å²) in [7, 11) is 1.74. The Balaban J connectivity index is 2.03. The van der Waals surface area contributed by atoms with E-state index in [1.54, 1.807) is 29.9 Å². The molecule has 96 valence electrons. The largest absolute Gasteiger partial charge is 0.387 e. The minimum atomic E-state index is -0.698. The van der Waals surface area contributed by atoms with E-state index in [0.717, 1.165) is 0 Å². The van der Waals surface area contributed by atoms with Gasteiger partial charge in [-0.05, 0) is 22.6 Å². The standard InChI is InChI=1S/C10H10Cl2N4OS/c1-16-10(13-14-15-16)18-5-9(17)7-3-2-6(11)4-8(7)12/h2-4,9,17H,5H2,1H3/t9-/m0/s1. The zero-order chi connectivity index (χ0) is 13.1. The minimum absolute atomic E-state index is 0.412. The highest BCUT2D eigenvalue weighted by molar-refractivity contribution is 7.99. The van der Waals surface area contributed by atoms with Crippen LogP contribution in [-0.4, -0.2) is 31.1 Å². The lowest BCUT2D eigenvalue weighted by molar-refractivity contribution is 0.204. The van der Waals surface area contributed by atoms with Crippen LogP contribution in [0.25, 0.3) is 0 Å². The highest BCUT2D eigenvalue weighted by Crippen LogP contribution is 2.29. The summed E-state index contributed by atoms with van der Waals surface area (Å²) < 4.78 is 1.54. The van der Waals surface area contributed by atoms with Crippen LogP contribution in [0.3, 0.4) is 0 Å². The Morgan fingerprint density at radius 3 is 2.83 bits per heavy atom. The van der Waals surface area contributed by atoms with Crippen molar-refractivity contribution in [2.45, 2.75) is 11.3 Å². The number of rotatable bonds is 4. The predicted molar refractivity (Wildman–Crippen MR) is 70.9 cm³/mol. The fourth-order valence-electron chi connectivity index (χ4n) is 1.36. The number of tetrazole rings is 1. The van der Waals surface area contributed by atoms with E-state index in [9.17, 15) is 5.11 Å². The SMILES string of the molecule is Cn1nnnc1SC[C@H](O)c1ccc(Cl)cc1Cl. The van der Waals surface area contributed by atoms with Gasteiger partial charge >= 0.3 is 0 Å². The molecule has 5 nitrogen and oxygen atoms in total. The molecule has 0 unspecified atom stereocenters. The molecule has 0 fully saturated rings. The fraction of sp³-hybridized carbons (Fsp3) is 0.300. The molecular weight excluding hydrogens is 295 g/mol. The van der Waals surface area contributed by atoms with Crippen molar-refractivity contribution in [2.75, 3.05) is 5.75 Å². The Kier molecular flexibility index (Phi) is 4.45. The third-order valence-corrected chi connectivity index (χ3v) is 3.92. The van der Waals surface area contributed by atoms with Gasteiger partial charge in [-0.3, -0.25) is 0 Å². The van der Waals surface area contributed by atoms with Crippen LogP contribution in [0.2, 0.25) is 10.0 Å². The number of aliphatic hydroxyl groups excluding tert-OH is 1. The van der Waals surface area contributed by atoms with Gasteiger partial charge in [0.1, 0.15) is 0 Å². The highest BCUT2D eigenvalue weighted by Gasteiger charge is 2.14. The van der Waals surface area contributed by atoms with Crippen molar-refractivity contribution in [1.82, 2.24) is 20.2 Å². The molecule has 1 heterocycles. The lowest BCUT2D eigenvalue weighted by Gasteiger charge is -2.11. The zero-order valence-corrected chi connectivity index (χ0v) is 11.7. The first-order valence-electron chi connectivity index (χ1n) is 5.06. The quantitative estimate of drug-likeness (QED) is 0.878. The molecule has 1 atom stereocenters. The summed E-state index contributed by atoms with van der Waals surface area (Å²) in [6, 6.07) is 5.02. The molecule has 0 saturated carbocycles. The molecular formula is C10H10Cl2N4OS. The summed E-state index contributed by atoms with van der Waals surface area (Å²) >= 11 is 13.2. The third kappa shape index (κ3) is 3.14. The predicted octanol–water partition coefficient (Wildman–Crippen LogP) is 2.34. The summed E-state index contributed by atoms with van der Waals surface area (Å²) in [5, 5.41) is 22.7. The number of aryl methyl sites for hydroxylation is 1. The van der Waals surface area contributed by atoms with Crippen molar-refractivity contribution in [3.8, 4) is 0 Å². The monoisotopic (exact) mass is 304 g/mol. The number of aromatic nitrogens is 4. The number of benzene rings is 1. The second-order valence-corrected chi connectivity index (χ2v) is 5.41. The number of hydrogen-bond donors (Lipinski definition) is 1. The molecule has 1 aromatic carbocycles. The average Bonchev–Trinajstić information content (AvgIpc) is 2.72. The fourth-order valence-corrected chi connectivity index (χ4v) is 2.70. The van der Waals surface area contributed by atoms with Gasteiger partial charge in [0.05, 0.1) is 6.10 Å². The van der Waals surface area contributed by atoms with Crippen molar-refractivity contribution < 1.29 is 5.11 Å². The van der Waals surface area contributed by atoms with E-state index < -0.39 is 6.10 Å². The van der Waals surface area contributed by atoms with Crippen molar-refractivity contribution in [3.63, 3.8) is 0 Å². The molecule has 0 radical (unpaired) electrons. The molecule has 0 aliphatic rings. The molecule has 0 amide bonds. The molecule has 1 aromatic heterocycles. The van der Waals surface area contributed by atoms with Gasteiger partial charge in [0.25, 0.3) is 0 Å². The van der Waals surface area contributed by atoms with E-state index in [0.29, 0.717) is 26.5 Å². The van der Waals surface area contributed by atoms with Gasteiger partial charge in [-0.25, -0.2) is 4.68 Å². The van der Waals surface area contributed by atoms with Crippen LogP contribution in [-0.2, 0) is 7.05 Å². The highest BCUT2D eigenvalue weighted by atomic mass is 35.5. The first kappa shape index (κ1) is 13.6. The number of thioether (sulfide) groups is 1. The lowest BCUT2D eigenvalue weighted by atomic mass is 10.1. The summed E-state index contributed by atoms with van der Waals surface area (Å²) in [4.78, 5) is 0. The van der Waals surface area contributed by atoms with E-state index in [1.165, 1.54) is 11.8 Å². The Morgan fingerprint density at radius 2 is 2.22 bits per heavy atom. The molecule has 8 heteroatoms. The van der Waals surface area contributed by atoms with Gasteiger partial charge in [0, 0.05) is 28.4 Å². The van der Waals surface area contributed by atoms with Crippen LogP contribution in [0.1, 0.15) is 11.7 Å². The van der Waals surface area contributed by atoms with Gasteiger partial charge in [-0.1, -0.05) is 41.0 Å². The second-order valence-electron chi connectivity index (χ2n) is 3.58. The van der Waals surface area contributed by atoms with Gasteiger partial charge in [0.15, 0.2) is 0 Å². The second kappa shape index (κ2) is 5.88. The Hall–Kier alpha value is -0.820. The van der Waals surface area contributed by atoms with Crippen molar-refractivity contribution >= 4 is 35.0 Å². The lowest BCUT2D eigenvalue weighted by Crippen LogP contribution is -2.03. The summed E-state index contributed by atoms with van der Waals surface area (Å²) in [5.74, 6) is 0.412. The normalized spacial score (nSPS) is 12.7. The van der Waals surface area contributed by atoms with Crippen molar-refractivity contribution in [2.24, 2.45) is 7.05 Å². The molecule has 0 bridgehead atoms. The average molecular weight is 305 g/mol. The van der Waals surface area contributed by atoms with Gasteiger partial charge in [-0.15, -0.1) is 5.10 Å². The van der Waals surface area contributed by atoms with Gasteiger partial charge in [-0.2, -0.15) is 0 Å². The summed E-state index contributed by atoms with van der Waals surface area (Å²) in [5.41, 5.74) is 0.642. The molecule has 1 N–H and O–H groups in total. The number of nitrogens with zero attached hydrogens (tertiary/aromatic N) is 4. The van der Waals surface area contributed by atoms with Crippen LogP contribution < -0.4 is 0 Å². The Labute approximate surface area is 118 Å².